The van der Waals surface area contributed by atoms with Crippen molar-refractivity contribution < 1.29 is 33.0 Å². The fraction of sp³-hybridized carbons (Fsp3) is 0.300. The van der Waals surface area contributed by atoms with Gasteiger partial charge in [0.15, 0.2) is 6.61 Å². The number of nitrogens with zero attached hydrogens (tertiary/aromatic N) is 1. The third kappa shape index (κ3) is 5.67. The first-order valence-corrected chi connectivity index (χ1v) is 8.42. The maximum atomic E-state index is 12.7. The molecule has 150 valence electrons. The number of hydrogen-bond donors (Lipinski definition) is 1. The summed E-state index contributed by atoms with van der Waals surface area (Å²) in [5.41, 5.74) is 2.11. The molecule has 2 aromatic rings. The van der Waals surface area contributed by atoms with Crippen LogP contribution in [0.1, 0.15) is 27.0 Å². The van der Waals surface area contributed by atoms with Gasteiger partial charge in [0.25, 0.3) is 5.91 Å². The van der Waals surface area contributed by atoms with Gasteiger partial charge in [-0.15, -0.1) is 0 Å². The molecular weight excluding hydrogens is 372 g/mol. The summed E-state index contributed by atoms with van der Waals surface area (Å²) >= 11 is 0. The predicted octanol–water partition coefficient (Wildman–Crippen LogP) is 3.64. The van der Waals surface area contributed by atoms with Crippen molar-refractivity contribution in [2.45, 2.75) is 27.0 Å². The van der Waals surface area contributed by atoms with Gasteiger partial charge in [-0.05, 0) is 54.8 Å². The maximum Gasteiger partial charge on any atom is 0.387 e. The number of carbonyl (C=O) groups excluding carboxylic acids is 1. The second-order valence-electron chi connectivity index (χ2n) is 6.31. The summed E-state index contributed by atoms with van der Waals surface area (Å²) in [6.45, 7) is 0.172. The molecule has 0 unspecified atom stereocenters. The first-order chi connectivity index (χ1) is 13.2. The Morgan fingerprint density at radius 3 is 2.18 bits per heavy atom. The molecule has 0 radical (unpaired) electrons. The molecule has 2 rings (SSSR count). The highest BCUT2D eigenvalue weighted by molar-refractivity contribution is 5.94. The quantitative estimate of drug-likeness (QED) is 0.741. The van der Waals surface area contributed by atoms with Crippen molar-refractivity contribution in [3.8, 4) is 11.5 Å². The molecule has 0 bridgehead atoms. The van der Waals surface area contributed by atoms with Gasteiger partial charge in [0.05, 0.1) is 0 Å². The van der Waals surface area contributed by atoms with E-state index in [9.17, 15) is 18.4 Å². The Kier molecular flexibility index (Phi) is 6.92. The summed E-state index contributed by atoms with van der Waals surface area (Å²) in [5.74, 6) is -0.835. The van der Waals surface area contributed by atoms with Crippen LogP contribution in [0.2, 0.25) is 0 Å². The summed E-state index contributed by atoms with van der Waals surface area (Å²) < 4.78 is 34.6. The first kappa shape index (κ1) is 21.1. The third-order valence-electron chi connectivity index (χ3n) is 3.97. The van der Waals surface area contributed by atoms with Crippen LogP contribution in [0, 0.1) is 13.8 Å². The van der Waals surface area contributed by atoms with E-state index < -0.39 is 19.2 Å². The van der Waals surface area contributed by atoms with E-state index in [1.54, 1.807) is 45.2 Å². The standard InChI is InChI=1S/C20H21F2NO5/c1-12-8-15(9-13(2)18(12)28-20(21)22)19(26)23(3)10-14-4-6-16(7-5-14)27-11-17(24)25/h4-9,20H,10-11H2,1-3H3,(H,24,25). The Hall–Kier alpha value is -3.16. The normalized spacial score (nSPS) is 10.6. The lowest BCUT2D eigenvalue weighted by Crippen LogP contribution is -2.26. The summed E-state index contributed by atoms with van der Waals surface area (Å²) in [5, 5.41) is 8.60. The highest BCUT2D eigenvalue weighted by atomic mass is 19.3. The predicted molar refractivity (Wildman–Crippen MR) is 97.9 cm³/mol. The smallest absolute Gasteiger partial charge is 0.387 e. The number of benzene rings is 2. The lowest BCUT2D eigenvalue weighted by molar-refractivity contribution is -0.139. The number of carboxylic acids is 1. The van der Waals surface area contributed by atoms with E-state index in [4.69, 9.17) is 9.84 Å². The largest absolute Gasteiger partial charge is 0.482 e. The highest BCUT2D eigenvalue weighted by Gasteiger charge is 2.17. The topological polar surface area (TPSA) is 76.1 Å². The molecule has 0 spiro atoms. The molecule has 28 heavy (non-hydrogen) atoms. The van der Waals surface area contributed by atoms with Crippen LogP contribution >= 0.6 is 0 Å². The average Bonchev–Trinajstić information content (AvgIpc) is 2.63. The molecule has 0 atom stereocenters. The molecule has 0 aliphatic rings. The Labute approximate surface area is 161 Å². The van der Waals surface area contributed by atoms with Gasteiger partial charge >= 0.3 is 12.6 Å². The number of carboxylic acid groups (broad SMARTS) is 1. The maximum absolute atomic E-state index is 12.7. The van der Waals surface area contributed by atoms with E-state index in [0.717, 1.165) is 5.56 Å². The van der Waals surface area contributed by atoms with Crippen LogP contribution in [0.15, 0.2) is 36.4 Å². The number of hydrogen-bond acceptors (Lipinski definition) is 4. The van der Waals surface area contributed by atoms with Crippen LogP contribution in [0.5, 0.6) is 11.5 Å². The lowest BCUT2D eigenvalue weighted by Gasteiger charge is -2.19. The van der Waals surface area contributed by atoms with Crippen LogP contribution in [0.3, 0.4) is 0 Å². The molecule has 6 nitrogen and oxygen atoms in total. The minimum Gasteiger partial charge on any atom is -0.482 e. The first-order valence-electron chi connectivity index (χ1n) is 8.42. The molecule has 0 saturated heterocycles. The SMILES string of the molecule is Cc1cc(C(=O)N(C)Cc2ccc(OCC(=O)O)cc2)cc(C)c1OC(F)F. The Morgan fingerprint density at radius 2 is 1.68 bits per heavy atom. The van der Waals surface area contributed by atoms with Gasteiger partial charge in [0, 0.05) is 19.2 Å². The summed E-state index contributed by atoms with van der Waals surface area (Å²) in [6, 6.07) is 9.76. The fourth-order valence-electron chi connectivity index (χ4n) is 2.75. The van der Waals surface area contributed by atoms with Crippen molar-refractivity contribution in [3.63, 3.8) is 0 Å². The van der Waals surface area contributed by atoms with Crippen LogP contribution < -0.4 is 9.47 Å². The second kappa shape index (κ2) is 9.16. The van der Waals surface area contributed by atoms with Crippen molar-refractivity contribution in [1.82, 2.24) is 4.90 Å². The fourth-order valence-corrected chi connectivity index (χ4v) is 2.75. The van der Waals surface area contributed by atoms with Crippen molar-refractivity contribution in [3.05, 3.63) is 58.7 Å². The molecule has 0 aliphatic heterocycles. The number of aliphatic carboxylic acids is 1. The van der Waals surface area contributed by atoms with E-state index in [1.165, 1.54) is 17.0 Å². The van der Waals surface area contributed by atoms with Crippen molar-refractivity contribution >= 4 is 11.9 Å². The summed E-state index contributed by atoms with van der Waals surface area (Å²) in [7, 11) is 1.63. The number of ether oxygens (including phenoxy) is 2. The molecule has 0 aromatic heterocycles. The minimum absolute atomic E-state index is 0.0751. The Morgan fingerprint density at radius 1 is 1.11 bits per heavy atom. The number of aryl methyl sites for hydroxylation is 2. The van der Waals surface area contributed by atoms with Crippen molar-refractivity contribution in [1.29, 1.82) is 0 Å². The monoisotopic (exact) mass is 393 g/mol. The highest BCUT2D eigenvalue weighted by Crippen LogP contribution is 2.27. The van der Waals surface area contributed by atoms with Gasteiger partial charge in [-0.3, -0.25) is 4.79 Å². The summed E-state index contributed by atoms with van der Waals surface area (Å²) in [6.07, 6.45) is 0. The van der Waals surface area contributed by atoms with E-state index in [-0.39, 0.29) is 11.7 Å². The minimum atomic E-state index is -2.93. The number of amides is 1. The average molecular weight is 393 g/mol. The van der Waals surface area contributed by atoms with Crippen LogP contribution in [-0.4, -0.2) is 42.1 Å². The zero-order valence-corrected chi connectivity index (χ0v) is 15.7. The molecule has 1 N–H and O–H groups in total. The molecule has 8 heteroatoms. The van der Waals surface area contributed by atoms with Crippen molar-refractivity contribution in [2.75, 3.05) is 13.7 Å². The number of carbonyl (C=O) groups is 2. The van der Waals surface area contributed by atoms with Crippen LogP contribution in [-0.2, 0) is 11.3 Å². The van der Waals surface area contributed by atoms with E-state index in [0.29, 0.717) is 29.0 Å². The molecule has 2 aromatic carbocycles. The molecule has 0 aliphatic carbocycles. The Bertz CT molecular complexity index is 829. The van der Waals surface area contributed by atoms with E-state index >= 15 is 0 Å². The number of alkyl halides is 2. The second-order valence-corrected chi connectivity index (χ2v) is 6.31. The van der Waals surface area contributed by atoms with Gasteiger partial charge in [-0.2, -0.15) is 8.78 Å². The molecule has 1 amide bonds. The number of rotatable bonds is 8. The zero-order valence-electron chi connectivity index (χ0n) is 15.7. The van der Waals surface area contributed by atoms with Gasteiger partial charge in [-0.1, -0.05) is 12.1 Å². The van der Waals surface area contributed by atoms with Gasteiger partial charge < -0.3 is 19.5 Å². The molecule has 0 saturated carbocycles. The van der Waals surface area contributed by atoms with E-state index in [2.05, 4.69) is 4.74 Å². The van der Waals surface area contributed by atoms with Gasteiger partial charge in [-0.25, -0.2) is 4.79 Å². The van der Waals surface area contributed by atoms with Gasteiger partial charge in [0.1, 0.15) is 11.5 Å². The van der Waals surface area contributed by atoms with Crippen LogP contribution in [0.4, 0.5) is 8.78 Å². The third-order valence-corrected chi connectivity index (χ3v) is 3.97. The summed E-state index contributed by atoms with van der Waals surface area (Å²) in [4.78, 5) is 24.7. The van der Waals surface area contributed by atoms with Gasteiger partial charge in [0.2, 0.25) is 0 Å². The van der Waals surface area contributed by atoms with E-state index in [1.807, 2.05) is 0 Å². The van der Waals surface area contributed by atoms with Crippen LogP contribution in [0.25, 0.3) is 0 Å². The molecule has 0 fully saturated rings. The zero-order chi connectivity index (χ0) is 20.8. The Balaban J connectivity index is 2.07. The molecule has 0 heterocycles. The van der Waals surface area contributed by atoms with Crippen molar-refractivity contribution in [2.24, 2.45) is 0 Å². The molecular formula is C20H21F2NO5. The number of halogens is 2. The lowest BCUT2D eigenvalue weighted by atomic mass is 10.0.